The van der Waals surface area contributed by atoms with Crippen LogP contribution in [0.2, 0.25) is 0 Å². The van der Waals surface area contributed by atoms with Crippen LogP contribution in [0.1, 0.15) is 24.1 Å². The quantitative estimate of drug-likeness (QED) is 0.889. The lowest BCUT2D eigenvalue weighted by Crippen LogP contribution is -2.12. The van der Waals surface area contributed by atoms with Gasteiger partial charge in [0.2, 0.25) is 0 Å². The smallest absolute Gasteiger partial charge is 0.0289 e. The summed E-state index contributed by atoms with van der Waals surface area (Å²) in [6.45, 7) is 3.15. The third-order valence-electron chi connectivity index (χ3n) is 3.63. The topological polar surface area (TPSA) is 15.3 Å². The molecule has 2 aromatic rings. The van der Waals surface area contributed by atoms with Crippen LogP contribution in [0.4, 0.5) is 0 Å². The summed E-state index contributed by atoms with van der Waals surface area (Å²) < 4.78 is 0. The molecule has 1 N–H and O–H groups in total. The predicted molar refractivity (Wildman–Crippen MR) is 86.7 cm³/mol. The minimum absolute atomic E-state index is 0.371. The molecule has 2 heteroatoms. The molecule has 0 spiro atoms. The molecule has 0 saturated carbocycles. The molecule has 0 fully saturated rings. The Hall–Kier alpha value is -1.64. The summed E-state index contributed by atoms with van der Waals surface area (Å²) >= 11 is 0. The van der Waals surface area contributed by atoms with Gasteiger partial charge in [-0.3, -0.25) is 0 Å². The first-order valence-corrected chi connectivity index (χ1v) is 7.12. The first-order valence-electron chi connectivity index (χ1n) is 7.12. The van der Waals surface area contributed by atoms with Gasteiger partial charge in [0.05, 0.1) is 0 Å². The van der Waals surface area contributed by atoms with Crippen LogP contribution in [0.15, 0.2) is 48.5 Å². The summed E-state index contributed by atoms with van der Waals surface area (Å²) in [6, 6.07) is 17.8. The summed E-state index contributed by atoms with van der Waals surface area (Å²) in [6.07, 6.45) is 0. The zero-order chi connectivity index (χ0) is 14.5. The van der Waals surface area contributed by atoms with E-state index in [2.05, 4.69) is 79.8 Å². The molecule has 2 rings (SSSR count). The maximum atomic E-state index is 3.30. The van der Waals surface area contributed by atoms with Crippen LogP contribution in [0.3, 0.4) is 0 Å². The predicted octanol–water partition coefficient (Wildman–Crippen LogP) is 3.70. The van der Waals surface area contributed by atoms with Crippen molar-refractivity contribution in [2.24, 2.45) is 0 Å². The van der Waals surface area contributed by atoms with Crippen LogP contribution >= 0.6 is 0 Å². The van der Waals surface area contributed by atoms with E-state index in [4.69, 9.17) is 0 Å². The number of hydrogen-bond acceptors (Lipinski definition) is 2. The number of benzene rings is 2. The molecular formula is C18H24N2. The van der Waals surface area contributed by atoms with E-state index < -0.39 is 0 Å². The number of rotatable bonds is 5. The summed E-state index contributed by atoms with van der Waals surface area (Å²) in [4.78, 5) is 2.21. The molecule has 0 aromatic heterocycles. The van der Waals surface area contributed by atoms with Crippen molar-refractivity contribution < 1.29 is 0 Å². The van der Waals surface area contributed by atoms with Crippen molar-refractivity contribution in [2.45, 2.75) is 19.5 Å². The van der Waals surface area contributed by atoms with Gasteiger partial charge in [-0.05, 0) is 56.4 Å². The Morgan fingerprint density at radius 1 is 1.05 bits per heavy atom. The van der Waals surface area contributed by atoms with Crippen molar-refractivity contribution in [3.63, 3.8) is 0 Å². The third-order valence-corrected chi connectivity index (χ3v) is 3.63. The van der Waals surface area contributed by atoms with Gasteiger partial charge >= 0.3 is 0 Å². The highest BCUT2D eigenvalue weighted by Crippen LogP contribution is 2.26. The monoisotopic (exact) mass is 268 g/mol. The molecule has 20 heavy (non-hydrogen) atoms. The van der Waals surface area contributed by atoms with Crippen LogP contribution in [0, 0.1) is 0 Å². The van der Waals surface area contributed by atoms with E-state index in [1.54, 1.807) is 0 Å². The van der Waals surface area contributed by atoms with Gasteiger partial charge in [-0.25, -0.2) is 0 Å². The molecule has 0 aliphatic rings. The molecule has 2 aromatic carbocycles. The molecule has 0 aliphatic heterocycles. The van der Waals surface area contributed by atoms with E-state index in [0.29, 0.717) is 6.04 Å². The van der Waals surface area contributed by atoms with Crippen molar-refractivity contribution in [2.75, 3.05) is 21.1 Å². The molecule has 0 amide bonds. The van der Waals surface area contributed by atoms with Crippen LogP contribution in [0.5, 0.6) is 0 Å². The average molecular weight is 268 g/mol. The lowest BCUT2D eigenvalue weighted by molar-refractivity contribution is 0.403. The second-order valence-electron chi connectivity index (χ2n) is 5.53. The molecule has 0 saturated heterocycles. The largest absolute Gasteiger partial charge is 0.313 e. The first-order chi connectivity index (χ1) is 9.61. The standard InChI is InChI=1S/C18H24N2/c1-14(19-2)15-9-7-10-16(12-15)18-11-6-5-8-17(18)13-20(3)4/h5-12,14,19H,13H2,1-4H3. The molecule has 1 atom stereocenters. The maximum absolute atomic E-state index is 3.30. The molecule has 1 unspecified atom stereocenters. The lowest BCUT2D eigenvalue weighted by atomic mass is 9.96. The van der Waals surface area contributed by atoms with Gasteiger partial charge in [0.15, 0.2) is 0 Å². The minimum Gasteiger partial charge on any atom is -0.313 e. The molecular weight excluding hydrogens is 244 g/mol. The van der Waals surface area contributed by atoms with Gasteiger partial charge in [0, 0.05) is 12.6 Å². The lowest BCUT2D eigenvalue weighted by Gasteiger charge is -2.16. The molecule has 106 valence electrons. The van der Waals surface area contributed by atoms with E-state index in [-0.39, 0.29) is 0 Å². The highest BCUT2D eigenvalue weighted by molar-refractivity contribution is 5.68. The Labute approximate surface area is 122 Å². The number of nitrogens with one attached hydrogen (secondary N) is 1. The Bertz CT molecular complexity index is 561. The summed E-state index contributed by atoms with van der Waals surface area (Å²) in [5, 5.41) is 3.30. The third kappa shape index (κ3) is 3.47. The highest BCUT2D eigenvalue weighted by atomic mass is 15.0. The van der Waals surface area contributed by atoms with Gasteiger partial charge in [0.25, 0.3) is 0 Å². The fourth-order valence-corrected chi connectivity index (χ4v) is 2.42. The average Bonchev–Trinajstić information content (AvgIpc) is 2.46. The molecule has 0 heterocycles. The Morgan fingerprint density at radius 2 is 1.80 bits per heavy atom. The Kier molecular flexibility index (Phi) is 4.94. The van der Waals surface area contributed by atoms with Crippen molar-refractivity contribution in [1.82, 2.24) is 10.2 Å². The van der Waals surface area contributed by atoms with E-state index in [0.717, 1.165) is 6.54 Å². The van der Waals surface area contributed by atoms with Crippen LogP contribution in [0.25, 0.3) is 11.1 Å². The second kappa shape index (κ2) is 6.69. The van der Waals surface area contributed by atoms with Gasteiger partial charge in [-0.2, -0.15) is 0 Å². The first kappa shape index (κ1) is 14.8. The van der Waals surface area contributed by atoms with E-state index >= 15 is 0 Å². The van der Waals surface area contributed by atoms with Crippen LogP contribution < -0.4 is 5.32 Å². The van der Waals surface area contributed by atoms with Crippen molar-refractivity contribution >= 4 is 0 Å². The summed E-state index contributed by atoms with van der Waals surface area (Å²) in [7, 11) is 6.21. The van der Waals surface area contributed by atoms with Crippen molar-refractivity contribution in [1.29, 1.82) is 0 Å². The highest BCUT2D eigenvalue weighted by Gasteiger charge is 2.08. The van der Waals surface area contributed by atoms with Gasteiger partial charge in [-0.1, -0.05) is 42.5 Å². The molecule has 0 bridgehead atoms. The zero-order valence-corrected chi connectivity index (χ0v) is 12.9. The van der Waals surface area contributed by atoms with Crippen LogP contribution in [-0.4, -0.2) is 26.0 Å². The maximum Gasteiger partial charge on any atom is 0.0289 e. The van der Waals surface area contributed by atoms with E-state index in [1.807, 2.05) is 7.05 Å². The van der Waals surface area contributed by atoms with Gasteiger partial charge < -0.3 is 10.2 Å². The van der Waals surface area contributed by atoms with Crippen LogP contribution in [-0.2, 0) is 6.54 Å². The molecule has 0 radical (unpaired) electrons. The summed E-state index contributed by atoms with van der Waals surface area (Å²) in [5.74, 6) is 0. The number of hydrogen-bond donors (Lipinski definition) is 1. The molecule has 0 aliphatic carbocycles. The normalized spacial score (nSPS) is 12.7. The fraction of sp³-hybridized carbons (Fsp3) is 0.333. The van der Waals surface area contributed by atoms with Crippen molar-refractivity contribution in [3.8, 4) is 11.1 Å². The second-order valence-corrected chi connectivity index (χ2v) is 5.53. The number of nitrogens with zero attached hydrogens (tertiary/aromatic N) is 1. The minimum atomic E-state index is 0.371. The molecule has 2 nitrogen and oxygen atoms in total. The fourth-order valence-electron chi connectivity index (χ4n) is 2.42. The SMILES string of the molecule is CNC(C)c1cccc(-c2ccccc2CN(C)C)c1. The van der Waals surface area contributed by atoms with E-state index in [1.165, 1.54) is 22.3 Å². The van der Waals surface area contributed by atoms with Crippen molar-refractivity contribution in [3.05, 3.63) is 59.7 Å². The Balaban J connectivity index is 2.41. The van der Waals surface area contributed by atoms with E-state index in [9.17, 15) is 0 Å². The Morgan fingerprint density at radius 3 is 2.50 bits per heavy atom. The van der Waals surface area contributed by atoms with Gasteiger partial charge in [-0.15, -0.1) is 0 Å². The summed E-state index contributed by atoms with van der Waals surface area (Å²) in [5.41, 5.74) is 5.31. The van der Waals surface area contributed by atoms with Gasteiger partial charge in [0.1, 0.15) is 0 Å². The zero-order valence-electron chi connectivity index (χ0n) is 12.9.